The van der Waals surface area contributed by atoms with Gasteiger partial charge in [-0.3, -0.25) is 5.32 Å². The smallest absolute Gasteiger partial charge is 0.133 e. The summed E-state index contributed by atoms with van der Waals surface area (Å²) < 4.78 is 12.9. The van der Waals surface area contributed by atoms with Gasteiger partial charge in [-0.25, -0.2) is 4.98 Å². The van der Waals surface area contributed by atoms with Gasteiger partial charge >= 0.3 is 0 Å². The maximum absolute atomic E-state index is 5.55. The van der Waals surface area contributed by atoms with Crippen molar-refractivity contribution < 1.29 is 9.15 Å². The minimum atomic E-state index is -0.00203. The first-order valence-corrected chi connectivity index (χ1v) is 6.57. The lowest BCUT2D eigenvalue weighted by Crippen LogP contribution is -2.47. The number of hydrogen-bond acceptors (Lipinski definition) is 4. The average molecular weight is 261 g/mol. The van der Waals surface area contributed by atoms with Crippen molar-refractivity contribution >= 4 is 0 Å². The van der Waals surface area contributed by atoms with Crippen LogP contribution in [0.2, 0.25) is 0 Å². The van der Waals surface area contributed by atoms with Crippen LogP contribution in [0.3, 0.4) is 0 Å². The van der Waals surface area contributed by atoms with Crippen LogP contribution in [0.5, 0.6) is 0 Å². The highest BCUT2D eigenvalue weighted by Crippen LogP contribution is 2.28. The van der Waals surface area contributed by atoms with Crippen molar-refractivity contribution in [2.45, 2.75) is 31.0 Å². The van der Waals surface area contributed by atoms with E-state index in [2.05, 4.69) is 10.3 Å². The molecule has 1 fully saturated rings. The van der Waals surface area contributed by atoms with Crippen molar-refractivity contribution in [1.29, 1.82) is 0 Å². The fourth-order valence-corrected chi connectivity index (χ4v) is 2.52. The molecule has 2 heterocycles. The molecule has 0 aromatic carbocycles. The van der Waals surface area contributed by atoms with Gasteiger partial charge in [-0.15, -0.1) is 0 Å². The highest BCUT2D eigenvalue weighted by molar-refractivity contribution is 5.16. The van der Waals surface area contributed by atoms with Crippen molar-refractivity contribution in [2.24, 2.45) is 7.05 Å². The van der Waals surface area contributed by atoms with Crippen LogP contribution in [-0.4, -0.2) is 28.8 Å². The third-order valence-electron chi connectivity index (χ3n) is 3.77. The minimum Gasteiger partial charge on any atom is -0.467 e. The van der Waals surface area contributed by atoms with Gasteiger partial charge in [-0.05, 0) is 25.0 Å². The third-order valence-corrected chi connectivity index (χ3v) is 3.77. The van der Waals surface area contributed by atoms with Crippen molar-refractivity contribution in [2.75, 3.05) is 7.11 Å². The number of nitrogens with zero attached hydrogens (tertiary/aromatic N) is 2. The molecule has 1 aliphatic carbocycles. The van der Waals surface area contributed by atoms with Gasteiger partial charge in [0.15, 0.2) is 0 Å². The van der Waals surface area contributed by atoms with Crippen molar-refractivity contribution in [3.63, 3.8) is 0 Å². The van der Waals surface area contributed by atoms with Crippen LogP contribution < -0.4 is 5.32 Å². The fraction of sp³-hybridized carbons (Fsp3) is 0.500. The number of methoxy groups -OCH3 is 1. The number of hydrogen-bond donors (Lipinski definition) is 1. The predicted molar refractivity (Wildman–Crippen MR) is 70.7 cm³/mol. The zero-order chi connectivity index (χ0) is 13.2. The van der Waals surface area contributed by atoms with Gasteiger partial charge in [-0.1, -0.05) is 0 Å². The van der Waals surface area contributed by atoms with Crippen LogP contribution in [0, 0.1) is 0 Å². The molecular formula is C14H19N3O2. The van der Waals surface area contributed by atoms with E-state index in [1.54, 1.807) is 13.4 Å². The molecule has 3 rings (SSSR count). The molecule has 1 atom stereocenters. The largest absolute Gasteiger partial charge is 0.467 e. The van der Waals surface area contributed by atoms with Crippen molar-refractivity contribution in [1.82, 2.24) is 14.9 Å². The van der Waals surface area contributed by atoms with Gasteiger partial charge in [0.2, 0.25) is 0 Å². The summed E-state index contributed by atoms with van der Waals surface area (Å²) in [5, 5.41) is 3.61. The van der Waals surface area contributed by atoms with Crippen LogP contribution in [-0.2, 0) is 11.8 Å². The average Bonchev–Trinajstić information content (AvgIpc) is 3.00. The topological polar surface area (TPSA) is 52.2 Å². The van der Waals surface area contributed by atoms with E-state index < -0.39 is 0 Å². The van der Waals surface area contributed by atoms with E-state index in [0.717, 1.165) is 24.4 Å². The van der Waals surface area contributed by atoms with E-state index in [0.29, 0.717) is 12.1 Å². The zero-order valence-corrected chi connectivity index (χ0v) is 11.2. The standard InChI is InChI=1S/C14H19N3O2/c1-17-6-5-15-14(17)13(12-4-3-7-19-12)16-10-8-11(9-10)18-2/h3-7,10-11,13,16H,8-9H2,1-2H3. The quantitative estimate of drug-likeness (QED) is 0.892. The summed E-state index contributed by atoms with van der Waals surface area (Å²) in [6, 6.07) is 4.35. The number of ether oxygens (including phenoxy) is 1. The zero-order valence-electron chi connectivity index (χ0n) is 11.2. The van der Waals surface area contributed by atoms with Crippen LogP contribution in [0.25, 0.3) is 0 Å². The number of aromatic nitrogens is 2. The monoisotopic (exact) mass is 261 g/mol. The minimum absolute atomic E-state index is 0.00203. The van der Waals surface area contributed by atoms with Crippen LogP contribution >= 0.6 is 0 Å². The molecule has 2 aromatic heterocycles. The lowest BCUT2D eigenvalue weighted by atomic mass is 9.88. The summed E-state index contributed by atoms with van der Waals surface area (Å²) >= 11 is 0. The lowest BCUT2D eigenvalue weighted by Gasteiger charge is -2.36. The van der Waals surface area contributed by atoms with Crippen LogP contribution in [0.1, 0.15) is 30.5 Å². The van der Waals surface area contributed by atoms with E-state index in [-0.39, 0.29) is 6.04 Å². The maximum atomic E-state index is 5.55. The number of rotatable bonds is 5. The van der Waals surface area contributed by atoms with Gasteiger partial charge < -0.3 is 13.7 Å². The maximum Gasteiger partial charge on any atom is 0.133 e. The van der Waals surface area contributed by atoms with Crippen LogP contribution in [0.4, 0.5) is 0 Å². The summed E-state index contributed by atoms with van der Waals surface area (Å²) in [5.41, 5.74) is 0. The molecule has 1 aliphatic rings. The second-order valence-electron chi connectivity index (χ2n) is 5.04. The summed E-state index contributed by atoms with van der Waals surface area (Å²) in [6.45, 7) is 0. The summed E-state index contributed by atoms with van der Waals surface area (Å²) in [4.78, 5) is 4.43. The first kappa shape index (κ1) is 12.4. The second-order valence-corrected chi connectivity index (χ2v) is 5.04. The lowest BCUT2D eigenvalue weighted by molar-refractivity contribution is 0.0144. The normalized spacial score (nSPS) is 24.1. The summed E-state index contributed by atoms with van der Waals surface area (Å²) in [6.07, 6.45) is 7.93. The van der Waals surface area contributed by atoms with Crippen molar-refractivity contribution in [3.05, 3.63) is 42.4 Å². The van der Waals surface area contributed by atoms with E-state index in [9.17, 15) is 0 Å². The Labute approximate surface area is 112 Å². The van der Waals surface area contributed by atoms with Crippen molar-refractivity contribution in [3.8, 4) is 0 Å². The molecule has 2 aromatic rings. The Bertz CT molecular complexity index is 515. The van der Waals surface area contributed by atoms with Crippen LogP contribution in [0.15, 0.2) is 35.2 Å². The third kappa shape index (κ3) is 2.43. The molecule has 0 bridgehead atoms. The highest BCUT2D eigenvalue weighted by atomic mass is 16.5. The Hall–Kier alpha value is -1.59. The SMILES string of the molecule is COC1CC(NC(c2ccco2)c2nccn2C)C1. The molecule has 5 heteroatoms. The Morgan fingerprint density at radius 3 is 2.95 bits per heavy atom. The van der Waals surface area contributed by atoms with Gasteiger partial charge in [0.1, 0.15) is 17.6 Å². The van der Waals surface area contributed by atoms with Gasteiger partial charge in [-0.2, -0.15) is 0 Å². The number of furan rings is 1. The van der Waals surface area contributed by atoms with E-state index in [4.69, 9.17) is 9.15 Å². The molecule has 0 radical (unpaired) electrons. The first-order chi connectivity index (χ1) is 9.28. The predicted octanol–water partition coefficient (Wildman–Crippen LogP) is 1.87. The first-order valence-electron chi connectivity index (χ1n) is 6.57. The van der Waals surface area contributed by atoms with E-state index in [1.165, 1.54) is 0 Å². The molecule has 0 aliphatic heterocycles. The molecular weight excluding hydrogens is 242 g/mol. The fourth-order valence-electron chi connectivity index (χ4n) is 2.52. The van der Waals surface area contributed by atoms with E-state index in [1.807, 2.05) is 36.1 Å². The molecule has 0 spiro atoms. The van der Waals surface area contributed by atoms with E-state index >= 15 is 0 Å². The van der Waals surface area contributed by atoms with Gasteiger partial charge in [0, 0.05) is 32.6 Å². The molecule has 1 saturated carbocycles. The Morgan fingerprint density at radius 2 is 2.37 bits per heavy atom. The number of aryl methyl sites for hydroxylation is 1. The number of imidazole rings is 1. The Kier molecular flexibility index (Phi) is 3.40. The molecule has 1 N–H and O–H groups in total. The number of nitrogens with one attached hydrogen (secondary N) is 1. The summed E-state index contributed by atoms with van der Waals surface area (Å²) in [5.74, 6) is 1.87. The van der Waals surface area contributed by atoms with Gasteiger partial charge in [0.05, 0.1) is 12.4 Å². The summed E-state index contributed by atoms with van der Waals surface area (Å²) in [7, 11) is 3.77. The molecule has 5 nitrogen and oxygen atoms in total. The highest BCUT2D eigenvalue weighted by Gasteiger charge is 2.33. The molecule has 0 saturated heterocycles. The Balaban J connectivity index is 1.77. The molecule has 0 amide bonds. The van der Waals surface area contributed by atoms with Gasteiger partial charge in [0.25, 0.3) is 0 Å². The second kappa shape index (κ2) is 5.19. The molecule has 1 unspecified atom stereocenters. The molecule has 19 heavy (non-hydrogen) atoms. The Morgan fingerprint density at radius 1 is 1.53 bits per heavy atom. The molecule has 102 valence electrons.